The van der Waals surface area contributed by atoms with E-state index in [4.69, 9.17) is 0 Å². The number of hydrogen-bond donors (Lipinski definition) is 2. The molecule has 5 rings (SSSR count). The number of nitrogens with zero attached hydrogens (tertiary/aromatic N) is 2. The molecule has 32 heavy (non-hydrogen) atoms. The van der Waals surface area contributed by atoms with E-state index in [-0.39, 0.29) is 24.8 Å². The second-order valence-electron chi connectivity index (χ2n) is 8.62. The molecule has 2 aromatic carbocycles. The van der Waals surface area contributed by atoms with Crippen molar-refractivity contribution in [2.45, 2.75) is 38.0 Å². The smallest absolute Gasteiger partial charge is 0.262 e. The van der Waals surface area contributed by atoms with Gasteiger partial charge >= 0.3 is 0 Å². The molecule has 4 amide bonds. The predicted molar refractivity (Wildman–Crippen MR) is 115 cm³/mol. The third-order valence-electron chi connectivity index (χ3n) is 6.46. The fraction of sp³-hybridized carbons (Fsp3) is 0.333. The number of nitrogens with one attached hydrogen (secondary N) is 2. The zero-order valence-corrected chi connectivity index (χ0v) is 17.8. The van der Waals surface area contributed by atoms with Crippen molar-refractivity contribution in [2.24, 2.45) is 0 Å². The average molecular weight is 432 g/mol. The Balaban J connectivity index is 1.35. The van der Waals surface area contributed by atoms with Crippen molar-refractivity contribution in [3.8, 4) is 0 Å². The van der Waals surface area contributed by atoms with Gasteiger partial charge in [0.1, 0.15) is 6.04 Å². The average Bonchev–Trinajstić information content (AvgIpc) is 3.28. The third-order valence-corrected chi connectivity index (χ3v) is 6.46. The van der Waals surface area contributed by atoms with Crippen molar-refractivity contribution in [2.75, 3.05) is 13.6 Å². The molecule has 2 aromatic rings. The van der Waals surface area contributed by atoms with E-state index < -0.39 is 23.8 Å². The first-order valence-corrected chi connectivity index (χ1v) is 10.8. The van der Waals surface area contributed by atoms with Crippen LogP contribution in [0.15, 0.2) is 42.5 Å². The van der Waals surface area contributed by atoms with Gasteiger partial charge in [0.05, 0.1) is 11.1 Å². The van der Waals surface area contributed by atoms with Gasteiger partial charge in [0, 0.05) is 32.1 Å². The topological polar surface area (TPSA) is 98.8 Å². The second-order valence-corrected chi connectivity index (χ2v) is 8.62. The highest BCUT2D eigenvalue weighted by Crippen LogP contribution is 2.31. The Hall–Kier alpha value is -3.36. The number of carbonyl (C=O) groups excluding carboxylic acids is 4. The Morgan fingerprint density at radius 3 is 2.66 bits per heavy atom. The number of amides is 4. The number of carbonyl (C=O) groups is 4. The van der Waals surface area contributed by atoms with Gasteiger partial charge in [0.25, 0.3) is 11.8 Å². The van der Waals surface area contributed by atoms with Crippen LogP contribution in [0.2, 0.25) is 0 Å². The molecular weight excluding hydrogens is 408 g/mol. The van der Waals surface area contributed by atoms with Gasteiger partial charge in [-0.25, -0.2) is 0 Å². The third kappa shape index (κ3) is 3.41. The van der Waals surface area contributed by atoms with Gasteiger partial charge in [0.2, 0.25) is 11.8 Å². The van der Waals surface area contributed by atoms with Crippen molar-refractivity contribution in [1.82, 2.24) is 20.4 Å². The Bertz CT molecular complexity index is 1140. The number of likely N-dealkylation sites (N-methyl/N-ethyl adjacent to an activating group) is 1. The van der Waals surface area contributed by atoms with Gasteiger partial charge in [-0.1, -0.05) is 36.4 Å². The molecular formula is C24H24N4O4. The number of fused-ring (bicyclic) bond motifs is 2. The van der Waals surface area contributed by atoms with E-state index in [2.05, 4.69) is 27.7 Å². The molecule has 0 bridgehead atoms. The molecule has 0 saturated carbocycles. The SMILES string of the molecule is CN(Cc1cccc2c1C(=O)N(C1CCC(=O)NC1=O)C2=O)CC1NCc2ccccc21. The maximum absolute atomic E-state index is 13.3. The molecule has 0 aromatic heterocycles. The Kier molecular flexibility index (Phi) is 5.11. The van der Waals surface area contributed by atoms with Gasteiger partial charge in [-0.3, -0.25) is 29.4 Å². The lowest BCUT2D eigenvalue weighted by atomic mass is 10.0. The molecule has 8 nitrogen and oxygen atoms in total. The molecule has 2 N–H and O–H groups in total. The molecule has 3 aliphatic rings. The summed E-state index contributed by atoms with van der Waals surface area (Å²) in [7, 11) is 1.99. The highest BCUT2D eigenvalue weighted by atomic mass is 16.2. The minimum absolute atomic E-state index is 0.106. The fourth-order valence-electron chi connectivity index (χ4n) is 4.92. The van der Waals surface area contributed by atoms with Crippen LogP contribution in [-0.2, 0) is 22.7 Å². The number of hydrogen-bond acceptors (Lipinski definition) is 6. The number of piperidine rings is 1. The van der Waals surface area contributed by atoms with Crippen molar-refractivity contribution in [3.05, 3.63) is 70.3 Å². The minimum atomic E-state index is -0.954. The van der Waals surface area contributed by atoms with E-state index in [0.29, 0.717) is 17.7 Å². The summed E-state index contributed by atoms with van der Waals surface area (Å²) in [6.07, 6.45) is 0.257. The summed E-state index contributed by atoms with van der Waals surface area (Å²) in [5, 5.41) is 5.75. The Labute approximate surface area is 185 Å². The zero-order valence-electron chi connectivity index (χ0n) is 17.8. The monoisotopic (exact) mass is 432 g/mol. The number of imide groups is 2. The van der Waals surface area contributed by atoms with Crippen molar-refractivity contribution < 1.29 is 19.2 Å². The zero-order chi connectivity index (χ0) is 22.4. The fourth-order valence-corrected chi connectivity index (χ4v) is 4.92. The van der Waals surface area contributed by atoms with Crippen LogP contribution in [0.1, 0.15) is 56.3 Å². The summed E-state index contributed by atoms with van der Waals surface area (Å²) in [4.78, 5) is 53.2. The molecule has 0 radical (unpaired) electrons. The maximum atomic E-state index is 13.3. The normalized spacial score (nSPS) is 22.4. The van der Waals surface area contributed by atoms with E-state index in [1.807, 2.05) is 25.2 Å². The Morgan fingerprint density at radius 2 is 1.84 bits per heavy atom. The van der Waals surface area contributed by atoms with Gasteiger partial charge in [-0.2, -0.15) is 0 Å². The predicted octanol–water partition coefficient (Wildman–Crippen LogP) is 1.36. The van der Waals surface area contributed by atoms with Crippen LogP contribution in [0.3, 0.4) is 0 Å². The largest absolute Gasteiger partial charge is 0.305 e. The number of rotatable bonds is 5. The molecule has 3 aliphatic heterocycles. The first-order valence-electron chi connectivity index (χ1n) is 10.8. The molecule has 0 aliphatic carbocycles. The molecule has 2 unspecified atom stereocenters. The summed E-state index contributed by atoms with van der Waals surface area (Å²) in [6, 6.07) is 12.8. The lowest BCUT2D eigenvalue weighted by Gasteiger charge is -2.28. The molecule has 1 fully saturated rings. The van der Waals surface area contributed by atoms with Crippen LogP contribution < -0.4 is 10.6 Å². The molecule has 0 spiro atoms. The highest BCUT2D eigenvalue weighted by molar-refractivity contribution is 6.24. The van der Waals surface area contributed by atoms with Crippen LogP contribution in [-0.4, -0.2) is 53.1 Å². The molecule has 164 valence electrons. The van der Waals surface area contributed by atoms with Crippen LogP contribution in [0, 0.1) is 0 Å². The van der Waals surface area contributed by atoms with E-state index in [1.54, 1.807) is 12.1 Å². The summed E-state index contributed by atoms with van der Waals surface area (Å²) < 4.78 is 0. The van der Waals surface area contributed by atoms with E-state index in [9.17, 15) is 19.2 Å². The molecule has 8 heteroatoms. The van der Waals surface area contributed by atoms with Crippen molar-refractivity contribution in [1.29, 1.82) is 0 Å². The maximum Gasteiger partial charge on any atom is 0.262 e. The van der Waals surface area contributed by atoms with Crippen LogP contribution in [0.25, 0.3) is 0 Å². The van der Waals surface area contributed by atoms with Crippen molar-refractivity contribution >= 4 is 23.6 Å². The van der Waals surface area contributed by atoms with E-state index in [1.165, 1.54) is 11.1 Å². The first kappa shape index (κ1) is 20.5. The van der Waals surface area contributed by atoms with Crippen molar-refractivity contribution in [3.63, 3.8) is 0 Å². The first-order chi connectivity index (χ1) is 15.4. The van der Waals surface area contributed by atoms with Gasteiger partial charge in [-0.05, 0) is 36.2 Å². The number of benzene rings is 2. The lowest BCUT2D eigenvalue weighted by Crippen LogP contribution is -2.54. The summed E-state index contributed by atoms with van der Waals surface area (Å²) in [6.45, 7) is 2.08. The summed E-state index contributed by atoms with van der Waals surface area (Å²) in [5.74, 6) is -1.92. The van der Waals surface area contributed by atoms with Crippen LogP contribution >= 0.6 is 0 Å². The van der Waals surface area contributed by atoms with Gasteiger partial charge in [0.15, 0.2) is 0 Å². The highest BCUT2D eigenvalue weighted by Gasteiger charge is 2.45. The van der Waals surface area contributed by atoms with Gasteiger partial charge in [-0.15, -0.1) is 0 Å². The van der Waals surface area contributed by atoms with Crippen LogP contribution in [0.4, 0.5) is 0 Å². The molecule has 1 saturated heterocycles. The molecule has 3 heterocycles. The summed E-state index contributed by atoms with van der Waals surface area (Å²) in [5.41, 5.74) is 4.01. The quantitative estimate of drug-likeness (QED) is 0.693. The van der Waals surface area contributed by atoms with E-state index >= 15 is 0 Å². The lowest BCUT2D eigenvalue weighted by molar-refractivity contribution is -0.136. The second kappa shape index (κ2) is 7.96. The Morgan fingerprint density at radius 1 is 1.03 bits per heavy atom. The summed E-state index contributed by atoms with van der Waals surface area (Å²) >= 11 is 0. The molecule has 2 atom stereocenters. The van der Waals surface area contributed by atoms with Gasteiger partial charge < -0.3 is 10.2 Å². The standard InChI is InChI=1S/C24H24N4O4/c1-27(13-18-16-7-3-2-5-14(16)11-25-18)12-15-6-4-8-17-21(15)24(32)28(23(17)31)19-9-10-20(29)26-22(19)30/h2-8,18-19,25H,9-13H2,1H3,(H,26,29,30). The minimum Gasteiger partial charge on any atom is -0.305 e. The van der Waals surface area contributed by atoms with E-state index in [0.717, 1.165) is 23.6 Å². The van der Waals surface area contributed by atoms with Crippen LogP contribution in [0.5, 0.6) is 0 Å².